The standard InChI is InChI=1S/C24H30ClFN8O3/c1-13(2)33(6-4-3-5-19-31-16-7-14(25)15(26)8-17(16)32-19)9-18-21(35)24(36,10-37-18)34-12-30-20-22(27)28-11-29-23(20)34/h7-8,11-13,18,21,35-36H,3-6,9-10H2,1-2H3,(H,31,32)(H2,27,28,29). The number of nitrogens with one attached hydrogen (secondary N) is 1. The second kappa shape index (κ2) is 10.1. The minimum absolute atomic E-state index is 0.0555. The van der Waals surface area contributed by atoms with Crippen LogP contribution in [0.15, 0.2) is 24.8 Å². The summed E-state index contributed by atoms with van der Waals surface area (Å²) in [5.74, 6) is 0.505. The molecule has 37 heavy (non-hydrogen) atoms. The SMILES string of the molecule is CC(C)N(CCCCc1nc2cc(Cl)c(F)cc2[nH]1)CC1OCC(O)(n2cnc3c(N)ncnc32)C1O. The summed E-state index contributed by atoms with van der Waals surface area (Å²) in [6.07, 6.45) is 3.31. The van der Waals surface area contributed by atoms with Crippen LogP contribution in [-0.4, -0.2) is 82.5 Å². The van der Waals surface area contributed by atoms with E-state index >= 15 is 0 Å². The molecule has 0 aliphatic carbocycles. The molecule has 0 amide bonds. The number of nitrogens with zero attached hydrogens (tertiary/aromatic N) is 6. The molecule has 3 unspecified atom stereocenters. The Kier molecular flexibility index (Phi) is 7.03. The number of anilines is 1. The fourth-order valence-corrected chi connectivity index (χ4v) is 4.94. The normalized spacial score (nSPS) is 22.3. The average Bonchev–Trinajstić information content (AvgIpc) is 3.54. The van der Waals surface area contributed by atoms with Gasteiger partial charge in [-0.2, -0.15) is 0 Å². The quantitative estimate of drug-likeness (QED) is 0.238. The first-order valence-electron chi connectivity index (χ1n) is 12.2. The number of aliphatic hydroxyl groups excluding tert-OH is 1. The number of hydrogen-bond donors (Lipinski definition) is 4. The zero-order chi connectivity index (χ0) is 26.3. The highest BCUT2D eigenvalue weighted by atomic mass is 35.5. The van der Waals surface area contributed by atoms with Crippen molar-refractivity contribution in [1.29, 1.82) is 0 Å². The number of aromatic amines is 1. The average molecular weight is 533 g/mol. The second-order valence-corrected chi connectivity index (χ2v) is 10.1. The summed E-state index contributed by atoms with van der Waals surface area (Å²) in [6.45, 7) is 5.24. The number of ether oxygens (including phenoxy) is 1. The van der Waals surface area contributed by atoms with Gasteiger partial charge in [-0.25, -0.2) is 24.3 Å². The van der Waals surface area contributed by atoms with E-state index in [1.807, 2.05) is 0 Å². The van der Waals surface area contributed by atoms with E-state index in [0.717, 1.165) is 25.2 Å². The highest BCUT2D eigenvalue weighted by Crippen LogP contribution is 2.33. The lowest BCUT2D eigenvalue weighted by molar-refractivity contribution is -0.109. The molecule has 0 saturated carbocycles. The maximum absolute atomic E-state index is 13.7. The van der Waals surface area contributed by atoms with Crippen LogP contribution in [0.1, 0.15) is 32.5 Å². The van der Waals surface area contributed by atoms with Gasteiger partial charge in [-0.15, -0.1) is 0 Å². The third-order valence-electron chi connectivity index (χ3n) is 6.94. The zero-order valence-corrected chi connectivity index (χ0v) is 21.4. The smallest absolute Gasteiger partial charge is 0.197 e. The largest absolute Gasteiger partial charge is 0.385 e. The molecule has 0 bridgehead atoms. The molecule has 5 N–H and O–H groups in total. The highest BCUT2D eigenvalue weighted by Gasteiger charge is 2.50. The van der Waals surface area contributed by atoms with Crippen LogP contribution in [0.25, 0.3) is 22.2 Å². The van der Waals surface area contributed by atoms with Crippen molar-refractivity contribution in [3.63, 3.8) is 0 Å². The number of benzene rings is 1. The van der Waals surface area contributed by atoms with E-state index in [0.29, 0.717) is 35.2 Å². The molecular weight excluding hydrogens is 503 g/mol. The topological polar surface area (TPSA) is 151 Å². The van der Waals surface area contributed by atoms with E-state index in [-0.39, 0.29) is 23.5 Å². The van der Waals surface area contributed by atoms with Crippen LogP contribution in [0.3, 0.4) is 0 Å². The Balaban J connectivity index is 1.19. The van der Waals surface area contributed by atoms with Gasteiger partial charge >= 0.3 is 0 Å². The summed E-state index contributed by atoms with van der Waals surface area (Å²) in [5, 5.41) is 22.5. The molecule has 13 heteroatoms. The van der Waals surface area contributed by atoms with Gasteiger partial charge in [0.2, 0.25) is 0 Å². The maximum atomic E-state index is 13.7. The van der Waals surface area contributed by atoms with Crippen molar-refractivity contribution in [3.8, 4) is 0 Å². The molecule has 0 spiro atoms. The van der Waals surface area contributed by atoms with Crippen molar-refractivity contribution in [2.45, 2.75) is 57.1 Å². The van der Waals surface area contributed by atoms with Gasteiger partial charge in [0.15, 0.2) is 17.2 Å². The molecule has 1 aliphatic heterocycles. The van der Waals surface area contributed by atoms with Crippen LogP contribution in [0, 0.1) is 5.82 Å². The molecule has 1 aromatic carbocycles. The predicted octanol–water partition coefficient (Wildman–Crippen LogP) is 2.22. The summed E-state index contributed by atoms with van der Waals surface area (Å²) >= 11 is 5.85. The van der Waals surface area contributed by atoms with Crippen molar-refractivity contribution in [1.82, 2.24) is 34.4 Å². The molecule has 4 aromatic rings. The number of halogens is 2. The van der Waals surface area contributed by atoms with Gasteiger partial charge in [0.25, 0.3) is 0 Å². The molecule has 1 aliphatic rings. The van der Waals surface area contributed by atoms with E-state index in [1.165, 1.54) is 29.4 Å². The predicted molar refractivity (Wildman–Crippen MR) is 136 cm³/mol. The van der Waals surface area contributed by atoms with Crippen LogP contribution in [0.5, 0.6) is 0 Å². The van der Waals surface area contributed by atoms with Crippen molar-refractivity contribution in [3.05, 3.63) is 41.5 Å². The van der Waals surface area contributed by atoms with Crippen molar-refractivity contribution < 1.29 is 19.3 Å². The van der Waals surface area contributed by atoms with Gasteiger partial charge in [0.1, 0.15) is 35.7 Å². The molecule has 3 aromatic heterocycles. The van der Waals surface area contributed by atoms with Gasteiger partial charge in [0, 0.05) is 25.1 Å². The van der Waals surface area contributed by atoms with E-state index in [4.69, 9.17) is 22.1 Å². The molecule has 1 saturated heterocycles. The lowest BCUT2D eigenvalue weighted by atomic mass is 10.0. The molecule has 0 radical (unpaired) electrons. The van der Waals surface area contributed by atoms with Crippen LogP contribution in [-0.2, 0) is 16.9 Å². The van der Waals surface area contributed by atoms with Gasteiger partial charge in [-0.1, -0.05) is 11.6 Å². The summed E-state index contributed by atoms with van der Waals surface area (Å²) in [7, 11) is 0. The number of hydrogen-bond acceptors (Lipinski definition) is 9. The minimum Gasteiger partial charge on any atom is -0.385 e. The number of aryl methyl sites for hydroxylation is 1. The number of fused-ring (bicyclic) bond motifs is 2. The van der Waals surface area contributed by atoms with Crippen molar-refractivity contribution in [2.75, 3.05) is 25.4 Å². The first kappa shape index (κ1) is 25.7. The van der Waals surface area contributed by atoms with Crippen LogP contribution in [0.2, 0.25) is 5.02 Å². The molecule has 5 rings (SSSR count). The molecule has 3 atom stereocenters. The van der Waals surface area contributed by atoms with E-state index in [1.54, 1.807) is 0 Å². The number of aliphatic hydroxyl groups is 2. The van der Waals surface area contributed by atoms with E-state index in [2.05, 4.69) is 43.7 Å². The Labute approximate surface area is 217 Å². The number of nitrogen functional groups attached to an aromatic ring is 1. The number of H-pyrrole nitrogens is 1. The number of unbranched alkanes of at least 4 members (excludes halogenated alkanes) is 1. The molecule has 4 heterocycles. The fraction of sp³-hybridized carbons (Fsp3) is 0.500. The number of rotatable bonds is 9. The van der Waals surface area contributed by atoms with Crippen LogP contribution < -0.4 is 5.73 Å². The Hall–Kier alpha value is -2.90. The van der Waals surface area contributed by atoms with Crippen molar-refractivity contribution in [2.24, 2.45) is 0 Å². The third-order valence-corrected chi connectivity index (χ3v) is 7.23. The third kappa shape index (κ3) is 4.87. The molecule has 1 fully saturated rings. The minimum atomic E-state index is -1.73. The monoisotopic (exact) mass is 532 g/mol. The first-order chi connectivity index (χ1) is 17.7. The van der Waals surface area contributed by atoms with Crippen molar-refractivity contribution >= 4 is 39.6 Å². The first-order valence-corrected chi connectivity index (χ1v) is 12.6. The van der Waals surface area contributed by atoms with Gasteiger partial charge in [-0.3, -0.25) is 9.47 Å². The second-order valence-electron chi connectivity index (χ2n) is 9.73. The van der Waals surface area contributed by atoms with E-state index in [9.17, 15) is 14.6 Å². The number of imidazole rings is 2. The summed E-state index contributed by atoms with van der Waals surface area (Å²) < 4.78 is 21.0. The fourth-order valence-electron chi connectivity index (χ4n) is 4.78. The summed E-state index contributed by atoms with van der Waals surface area (Å²) in [6, 6.07) is 3.08. The summed E-state index contributed by atoms with van der Waals surface area (Å²) in [5.41, 5.74) is 6.09. The molecule has 198 valence electrons. The Morgan fingerprint density at radius 3 is 2.92 bits per heavy atom. The lowest BCUT2D eigenvalue weighted by Crippen LogP contribution is -2.49. The molecule has 11 nitrogen and oxygen atoms in total. The maximum Gasteiger partial charge on any atom is 0.197 e. The number of nitrogens with two attached hydrogens (primary N) is 1. The van der Waals surface area contributed by atoms with E-state index < -0.39 is 23.8 Å². The Morgan fingerprint density at radius 2 is 2.14 bits per heavy atom. The zero-order valence-electron chi connectivity index (χ0n) is 20.6. The van der Waals surface area contributed by atoms with Gasteiger partial charge < -0.3 is 25.7 Å². The Morgan fingerprint density at radius 1 is 1.32 bits per heavy atom. The van der Waals surface area contributed by atoms with Gasteiger partial charge in [0.05, 0.1) is 29.0 Å². The lowest BCUT2D eigenvalue weighted by Gasteiger charge is -2.32. The van der Waals surface area contributed by atoms with Crippen LogP contribution in [0.4, 0.5) is 10.2 Å². The van der Waals surface area contributed by atoms with Crippen LogP contribution >= 0.6 is 11.6 Å². The number of aromatic nitrogens is 6. The molecular formula is C24H30ClFN8O3. The summed E-state index contributed by atoms with van der Waals surface area (Å²) in [4.78, 5) is 22.2. The highest BCUT2D eigenvalue weighted by molar-refractivity contribution is 6.31. The Bertz CT molecular complexity index is 1370. The van der Waals surface area contributed by atoms with Gasteiger partial charge in [-0.05, 0) is 39.3 Å².